The van der Waals surface area contributed by atoms with Crippen molar-refractivity contribution >= 4 is 17.7 Å². The van der Waals surface area contributed by atoms with E-state index in [2.05, 4.69) is 32.5 Å². The third-order valence-electron chi connectivity index (χ3n) is 5.91. The molecule has 4 atom stereocenters. The largest absolute Gasteiger partial charge is 0.573 e. The number of hydrogen-bond acceptors (Lipinski definition) is 6. The number of hydrogen-bond donors (Lipinski definition) is 1. The zero-order chi connectivity index (χ0) is 21.3. The Morgan fingerprint density at radius 3 is 2.70 bits per heavy atom. The summed E-state index contributed by atoms with van der Waals surface area (Å²) in [7, 11) is 0. The maximum Gasteiger partial charge on any atom is 0.573 e. The van der Waals surface area contributed by atoms with E-state index in [0.29, 0.717) is 16.8 Å². The van der Waals surface area contributed by atoms with Gasteiger partial charge in [-0.1, -0.05) is 18.2 Å². The first-order valence-corrected chi connectivity index (χ1v) is 10.8. The molecule has 30 heavy (non-hydrogen) atoms. The van der Waals surface area contributed by atoms with E-state index in [1.807, 2.05) is 0 Å². The number of halogens is 3. The molecule has 1 heterocycles. The summed E-state index contributed by atoms with van der Waals surface area (Å²) in [4.78, 5) is 12.4. The molecular formula is C19H22F3N5O2S. The van der Waals surface area contributed by atoms with Gasteiger partial charge in [0.1, 0.15) is 5.75 Å². The third-order valence-corrected chi connectivity index (χ3v) is 6.83. The van der Waals surface area contributed by atoms with Crippen LogP contribution in [0, 0.1) is 17.8 Å². The van der Waals surface area contributed by atoms with Crippen LogP contribution in [0.2, 0.25) is 0 Å². The van der Waals surface area contributed by atoms with Crippen LogP contribution in [0.1, 0.15) is 32.6 Å². The summed E-state index contributed by atoms with van der Waals surface area (Å²) >= 11 is 1.17. The van der Waals surface area contributed by atoms with Crippen LogP contribution in [0.15, 0.2) is 29.4 Å². The van der Waals surface area contributed by atoms with Gasteiger partial charge in [0.2, 0.25) is 11.1 Å². The lowest BCUT2D eigenvalue weighted by molar-refractivity contribution is -0.274. The zero-order valence-corrected chi connectivity index (χ0v) is 17.1. The van der Waals surface area contributed by atoms with Crippen molar-refractivity contribution < 1.29 is 22.7 Å². The standard InChI is InChI=1S/C19H22F3N5O2S/c1-11(16-9-12-2-3-13(16)8-12)23-17(28)10-30-18-24-25-26-27(18)14-4-6-15(7-5-14)29-19(20,21)22/h4-7,11-13,16H,2-3,8-10H2,1H3,(H,23,28). The van der Waals surface area contributed by atoms with E-state index in [1.54, 1.807) is 0 Å². The van der Waals surface area contributed by atoms with Gasteiger partial charge in [-0.15, -0.1) is 18.3 Å². The topological polar surface area (TPSA) is 81.9 Å². The van der Waals surface area contributed by atoms with Crippen molar-refractivity contribution in [1.82, 2.24) is 25.5 Å². The van der Waals surface area contributed by atoms with E-state index in [4.69, 9.17) is 0 Å². The number of rotatable bonds is 7. The van der Waals surface area contributed by atoms with Gasteiger partial charge in [0.05, 0.1) is 11.4 Å². The first kappa shape index (κ1) is 21.0. The summed E-state index contributed by atoms with van der Waals surface area (Å²) in [5, 5.41) is 14.8. The first-order valence-electron chi connectivity index (χ1n) is 9.85. The van der Waals surface area contributed by atoms with Crippen molar-refractivity contribution in [2.75, 3.05) is 5.75 Å². The molecule has 2 aromatic rings. The Bertz CT molecular complexity index is 889. The van der Waals surface area contributed by atoms with E-state index in [1.165, 1.54) is 66.4 Å². The van der Waals surface area contributed by atoms with Gasteiger partial charge in [0, 0.05) is 6.04 Å². The number of tetrazole rings is 1. The van der Waals surface area contributed by atoms with Gasteiger partial charge in [-0.25, -0.2) is 0 Å². The van der Waals surface area contributed by atoms with Gasteiger partial charge in [-0.2, -0.15) is 4.68 Å². The molecule has 1 aromatic carbocycles. The highest BCUT2D eigenvalue weighted by molar-refractivity contribution is 7.99. The molecule has 0 spiro atoms. The van der Waals surface area contributed by atoms with Crippen LogP contribution in [-0.2, 0) is 4.79 Å². The summed E-state index contributed by atoms with van der Waals surface area (Å²) in [6, 6.07) is 5.34. The molecule has 162 valence electrons. The molecule has 0 saturated heterocycles. The molecule has 2 fully saturated rings. The second-order valence-electron chi connectivity index (χ2n) is 7.90. The van der Waals surface area contributed by atoms with Crippen molar-refractivity contribution in [3.63, 3.8) is 0 Å². The highest BCUT2D eigenvalue weighted by Crippen LogP contribution is 2.49. The maximum atomic E-state index is 12.4. The lowest BCUT2D eigenvalue weighted by Gasteiger charge is -2.28. The fourth-order valence-electron chi connectivity index (χ4n) is 4.66. The number of benzene rings is 1. The molecule has 4 rings (SSSR count). The van der Waals surface area contributed by atoms with Gasteiger partial charge in [-0.3, -0.25) is 4.79 Å². The molecule has 0 radical (unpaired) electrons. The molecule has 2 aliphatic rings. The molecule has 2 aliphatic carbocycles. The van der Waals surface area contributed by atoms with Gasteiger partial charge < -0.3 is 10.1 Å². The molecule has 2 saturated carbocycles. The lowest BCUT2D eigenvalue weighted by atomic mass is 9.84. The van der Waals surface area contributed by atoms with E-state index in [9.17, 15) is 18.0 Å². The van der Waals surface area contributed by atoms with Crippen molar-refractivity contribution in [3.05, 3.63) is 24.3 Å². The van der Waals surface area contributed by atoms with Crippen molar-refractivity contribution in [3.8, 4) is 11.4 Å². The minimum Gasteiger partial charge on any atom is -0.406 e. The summed E-state index contributed by atoms with van der Waals surface area (Å²) in [5.41, 5.74) is 0.466. The zero-order valence-electron chi connectivity index (χ0n) is 16.3. The van der Waals surface area contributed by atoms with Crippen LogP contribution in [0.25, 0.3) is 5.69 Å². The van der Waals surface area contributed by atoms with Crippen LogP contribution in [0.5, 0.6) is 5.75 Å². The Morgan fingerprint density at radius 2 is 2.07 bits per heavy atom. The molecule has 1 N–H and O–H groups in total. The normalized spacial score (nSPS) is 24.1. The van der Waals surface area contributed by atoms with E-state index < -0.39 is 6.36 Å². The summed E-state index contributed by atoms with van der Waals surface area (Å²) in [5.74, 6) is 1.85. The SMILES string of the molecule is CC(NC(=O)CSc1nnnn1-c1ccc(OC(F)(F)F)cc1)C1CC2CCC1C2. The Morgan fingerprint density at radius 1 is 1.30 bits per heavy atom. The number of carbonyl (C=O) groups excluding carboxylic acids is 1. The lowest BCUT2D eigenvalue weighted by Crippen LogP contribution is -2.40. The first-order chi connectivity index (χ1) is 14.3. The van der Waals surface area contributed by atoms with Crippen LogP contribution in [0.3, 0.4) is 0 Å². The van der Waals surface area contributed by atoms with Gasteiger partial charge in [0.15, 0.2) is 0 Å². The number of nitrogens with zero attached hydrogens (tertiary/aromatic N) is 4. The van der Waals surface area contributed by atoms with Crippen LogP contribution in [-0.4, -0.2) is 44.3 Å². The average Bonchev–Trinajstić information content (AvgIpc) is 3.42. The second kappa shape index (κ2) is 8.44. The van der Waals surface area contributed by atoms with E-state index >= 15 is 0 Å². The number of nitrogens with one attached hydrogen (secondary N) is 1. The van der Waals surface area contributed by atoms with Crippen LogP contribution in [0.4, 0.5) is 13.2 Å². The predicted molar refractivity (Wildman–Crippen MR) is 103 cm³/mol. The monoisotopic (exact) mass is 441 g/mol. The van der Waals surface area contributed by atoms with E-state index in [0.717, 1.165) is 11.8 Å². The number of aromatic nitrogens is 4. The van der Waals surface area contributed by atoms with Gasteiger partial charge in [-0.05, 0) is 78.6 Å². The molecule has 1 amide bonds. The van der Waals surface area contributed by atoms with Crippen molar-refractivity contribution in [2.45, 2.75) is 50.2 Å². The fourth-order valence-corrected chi connectivity index (χ4v) is 5.36. The number of fused-ring (bicyclic) bond motifs is 2. The van der Waals surface area contributed by atoms with Crippen LogP contribution >= 0.6 is 11.8 Å². The summed E-state index contributed by atoms with van der Waals surface area (Å²) in [6.07, 6.45) is 0.335. The molecule has 11 heteroatoms. The Kier molecular flexibility index (Phi) is 5.90. The minimum atomic E-state index is -4.75. The van der Waals surface area contributed by atoms with Crippen molar-refractivity contribution in [2.24, 2.45) is 17.8 Å². The summed E-state index contributed by atoms with van der Waals surface area (Å²) < 4.78 is 42.1. The number of carbonyl (C=O) groups is 1. The minimum absolute atomic E-state index is 0.0845. The Hall–Kier alpha value is -2.30. The van der Waals surface area contributed by atoms with Crippen molar-refractivity contribution in [1.29, 1.82) is 0 Å². The van der Waals surface area contributed by atoms with Crippen LogP contribution < -0.4 is 10.1 Å². The predicted octanol–water partition coefficient (Wildman–Crippen LogP) is 3.59. The average molecular weight is 441 g/mol. The molecule has 2 bridgehead atoms. The summed E-state index contributed by atoms with van der Waals surface area (Å²) in [6.45, 7) is 2.07. The second-order valence-corrected chi connectivity index (χ2v) is 8.84. The van der Waals surface area contributed by atoms with Gasteiger partial charge in [0.25, 0.3) is 0 Å². The highest BCUT2D eigenvalue weighted by Gasteiger charge is 2.42. The Balaban J connectivity index is 1.32. The fraction of sp³-hybridized carbons (Fsp3) is 0.579. The van der Waals surface area contributed by atoms with Gasteiger partial charge >= 0.3 is 6.36 Å². The van der Waals surface area contributed by atoms with E-state index in [-0.39, 0.29) is 23.5 Å². The number of ether oxygens (including phenoxy) is 1. The third kappa shape index (κ3) is 4.88. The maximum absolute atomic E-state index is 12.4. The highest BCUT2D eigenvalue weighted by atomic mass is 32.2. The Labute approximate surface area is 175 Å². The number of thioether (sulfide) groups is 1. The number of amides is 1. The quantitative estimate of drug-likeness (QED) is 0.662. The smallest absolute Gasteiger partial charge is 0.406 e. The molecule has 4 unspecified atom stereocenters. The molecule has 1 aromatic heterocycles. The molecule has 7 nitrogen and oxygen atoms in total. The molecule has 0 aliphatic heterocycles. The molecular weight excluding hydrogens is 419 g/mol. The number of alkyl halides is 3.